The molecule has 1 amide bonds. The Balaban J connectivity index is 1.53. The molecule has 2 aromatic heterocycles. The average Bonchev–Trinajstić information content (AvgIpc) is 3.40. The fourth-order valence-electron chi connectivity index (χ4n) is 4.97. The Morgan fingerprint density at radius 1 is 1.02 bits per heavy atom. The third kappa shape index (κ3) is 6.81. The highest BCUT2D eigenvalue weighted by Crippen LogP contribution is 2.45. The normalized spacial score (nSPS) is 15.2. The fourth-order valence-corrected chi connectivity index (χ4v) is 7.42. The van der Waals surface area contributed by atoms with Crippen LogP contribution in [0.1, 0.15) is 51.4 Å². The van der Waals surface area contributed by atoms with Crippen LogP contribution in [0, 0.1) is 24.4 Å². The van der Waals surface area contributed by atoms with Gasteiger partial charge in [-0.3, -0.25) is 4.72 Å². The number of halogens is 3. The van der Waals surface area contributed by atoms with Crippen molar-refractivity contribution in [2.24, 2.45) is 0 Å². The summed E-state index contributed by atoms with van der Waals surface area (Å²) in [6.07, 6.45) is 2.32. The van der Waals surface area contributed by atoms with Crippen molar-refractivity contribution in [2.45, 2.75) is 63.4 Å². The Morgan fingerprint density at radius 3 is 2.29 bits per heavy atom. The molecular formula is C31H32F3N5O4S2. The zero-order valence-corrected chi connectivity index (χ0v) is 27.0. The topological polar surface area (TPSA) is 114 Å². The Morgan fingerprint density at radius 2 is 1.67 bits per heavy atom. The molecule has 45 heavy (non-hydrogen) atoms. The van der Waals surface area contributed by atoms with Crippen LogP contribution in [-0.2, 0) is 20.2 Å². The minimum atomic E-state index is -4.83. The molecular weight excluding hydrogens is 628 g/mol. The maximum absolute atomic E-state index is 16.2. The van der Waals surface area contributed by atoms with Crippen LogP contribution in [0.5, 0.6) is 0 Å². The molecule has 1 saturated heterocycles. The van der Waals surface area contributed by atoms with Gasteiger partial charge in [0, 0.05) is 30.3 Å². The van der Waals surface area contributed by atoms with Crippen molar-refractivity contribution < 1.29 is 31.1 Å². The Hall–Kier alpha value is -4.04. The molecule has 0 saturated carbocycles. The first-order valence-corrected chi connectivity index (χ1v) is 16.4. The zero-order valence-electron chi connectivity index (χ0n) is 25.3. The summed E-state index contributed by atoms with van der Waals surface area (Å²) < 4.78 is 78.2. The lowest BCUT2D eigenvalue weighted by Gasteiger charge is -2.38. The summed E-state index contributed by atoms with van der Waals surface area (Å²) in [7, 11) is -4.83. The minimum Gasteiger partial charge on any atom is -0.444 e. The number of likely N-dealkylation sites (tertiary alicyclic amines) is 1. The number of aryl methyl sites for hydroxylation is 1. The summed E-state index contributed by atoms with van der Waals surface area (Å²) in [5.41, 5.74) is -0.924. The number of hydrogen-bond acceptors (Lipinski definition) is 8. The van der Waals surface area contributed by atoms with Crippen molar-refractivity contribution in [3.63, 3.8) is 0 Å². The van der Waals surface area contributed by atoms with Crippen LogP contribution in [0.25, 0.3) is 21.8 Å². The largest absolute Gasteiger partial charge is 0.444 e. The summed E-state index contributed by atoms with van der Waals surface area (Å²) in [5, 5.41) is 0.686. The van der Waals surface area contributed by atoms with E-state index >= 15 is 4.39 Å². The fraction of sp³-hybridized carbons (Fsp3) is 0.355. The monoisotopic (exact) mass is 659 g/mol. The van der Waals surface area contributed by atoms with Crippen LogP contribution in [0.3, 0.4) is 0 Å². The number of benzene rings is 2. The van der Waals surface area contributed by atoms with E-state index in [4.69, 9.17) is 9.72 Å². The van der Waals surface area contributed by atoms with Crippen molar-refractivity contribution in [1.82, 2.24) is 19.9 Å². The SMILES string of the molecule is Cc1nccc(-c2sc(C3(C)CCN(C(=O)OC(C)(C)C)CC3)nc2-c2cccc(NS(=O)(=O)c3c(F)cccc3F)c2F)n1. The van der Waals surface area contributed by atoms with E-state index in [1.165, 1.54) is 23.5 Å². The molecule has 9 nitrogen and oxygen atoms in total. The van der Waals surface area contributed by atoms with Crippen LogP contribution in [-0.4, -0.2) is 53.1 Å². The number of carbonyl (C=O) groups is 1. The maximum atomic E-state index is 16.2. The second kappa shape index (κ2) is 12.0. The van der Waals surface area contributed by atoms with Gasteiger partial charge in [0.2, 0.25) is 0 Å². The molecule has 2 aromatic carbocycles. The minimum absolute atomic E-state index is 0.0345. The van der Waals surface area contributed by atoms with Crippen molar-refractivity contribution >= 4 is 33.1 Å². The highest BCUT2D eigenvalue weighted by atomic mass is 32.2. The van der Waals surface area contributed by atoms with Crippen LogP contribution < -0.4 is 4.72 Å². The van der Waals surface area contributed by atoms with E-state index in [0.717, 1.165) is 24.3 Å². The summed E-state index contributed by atoms with van der Waals surface area (Å²) in [4.78, 5) is 27.2. The van der Waals surface area contributed by atoms with Gasteiger partial charge in [0.1, 0.15) is 23.1 Å². The second-order valence-electron chi connectivity index (χ2n) is 12.0. The summed E-state index contributed by atoms with van der Waals surface area (Å²) >= 11 is 1.33. The molecule has 238 valence electrons. The Kier molecular flexibility index (Phi) is 8.66. The highest BCUT2D eigenvalue weighted by Gasteiger charge is 2.38. The molecule has 0 radical (unpaired) electrons. The summed E-state index contributed by atoms with van der Waals surface area (Å²) in [6, 6.07) is 8.33. The average molecular weight is 660 g/mol. The number of nitrogens with one attached hydrogen (secondary N) is 1. The lowest BCUT2D eigenvalue weighted by atomic mass is 9.81. The predicted octanol–water partition coefficient (Wildman–Crippen LogP) is 7.08. The van der Waals surface area contributed by atoms with Crippen LogP contribution in [0.15, 0.2) is 53.6 Å². The predicted molar refractivity (Wildman–Crippen MR) is 165 cm³/mol. The second-order valence-corrected chi connectivity index (χ2v) is 14.7. The number of hydrogen-bond donors (Lipinski definition) is 1. The van der Waals surface area contributed by atoms with Crippen LogP contribution >= 0.6 is 11.3 Å². The molecule has 1 aliphatic heterocycles. The number of rotatable bonds is 6. The third-order valence-electron chi connectivity index (χ3n) is 7.36. The van der Waals surface area contributed by atoms with E-state index in [-0.39, 0.29) is 11.3 Å². The smallest absolute Gasteiger partial charge is 0.410 e. The molecule has 3 heterocycles. The van der Waals surface area contributed by atoms with Gasteiger partial charge in [0.25, 0.3) is 10.0 Å². The number of piperidine rings is 1. The zero-order chi connectivity index (χ0) is 32.7. The Bertz CT molecular complexity index is 1850. The van der Waals surface area contributed by atoms with E-state index < -0.39 is 55.2 Å². The van der Waals surface area contributed by atoms with Gasteiger partial charge in [0.05, 0.1) is 27.0 Å². The van der Waals surface area contributed by atoms with E-state index in [2.05, 4.69) is 9.97 Å². The van der Waals surface area contributed by atoms with Crippen molar-refractivity contribution in [3.05, 3.63) is 76.9 Å². The lowest BCUT2D eigenvalue weighted by Crippen LogP contribution is -2.45. The van der Waals surface area contributed by atoms with Gasteiger partial charge < -0.3 is 9.64 Å². The molecule has 0 bridgehead atoms. The van der Waals surface area contributed by atoms with Crippen LogP contribution in [0.4, 0.5) is 23.7 Å². The molecule has 4 aromatic rings. The third-order valence-corrected chi connectivity index (χ3v) is 10.2. The number of thiazole rings is 1. The highest BCUT2D eigenvalue weighted by molar-refractivity contribution is 7.92. The molecule has 1 fully saturated rings. The van der Waals surface area contributed by atoms with E-state index in [9.17, 15) is 22.0 Å². The molecule has 0 aliphatic carbocycles. The van der Waals surface area contributed by atoms with Gasteiger partial charge in [-0.2, -0.15) is 0 Å². The van der Waals surface area contributed by atoms with Gasteiger partial charge in [-0.05, 0) is 70.9 Å². The number of aromatic nitrogens is 3. The van der Waals surface area contributed by atoms with Gasteiger partial charge in [0.15, 0.2) is 10.7 Å². The van der Waals surface area contributed by atoms with Crippen molar-refractivity contribution in [2.75, 3.05) is 17.8 Å². The molecule has 0 unspecified atom stereocenters. The quantitative estimate of drug-likeness (QED) is 0.235. The van der Waals surface area contributed by atoms with E-state index in [1.54, 1.807) is 24.1 Å². The summed E-state index contributed by atoms with van der Waals surface area (Å²) in [5.74, 6) is -3.11. The molecule has 0 spiro atoms. The molecule has 14 heteroatoms. The molecule has 1 aliphatic rings. The first-order chi connectivity index (χ1) is 21.1. The maximum Gasteiger partial charge on any atom is 0.410 e. The van der Waals surface area contributed by atoms with Gasteiger partial charge >= 0.3 is 6.09 Å². The number of sulfonamides is 1. The first kappa shape index (κ1) is 32.4. The van der Waals surface area contributed by atoms with Gasteiger partial charge in [-0.25, -0.2) is 41.3 Å². The first-order valence-electron chi connectivity index (χ1n) is 14.1. The standard InChI is InChI=1S/C31H32F3N5O4S2/c1-18-35-15-12-23(36-18)26-25(37-28(44-26)31(5)13-16-39(17-14-31)29(40)43-30(2,3)4)19-8-6-11-22(24(19)34)38-45(41,42)27-20(32)9-7-10-21(27)33/h6-12,15,38H,13-14,16-17H2,1-5H3. The van der Waals surface area contributed by atoms with Gasteiger partial charge in [-0.1, -0.05) is 19.1 Å². The van der Waals surface area contributed by atoms with Crippen molar-refractivity contribution in [1.29, 1.82) is 0 Å². The molecule has 0 atom stereocenters. The molecule has 5 rings (SSSR count). The number of amides is 1. The van der Waals surface area contributed by atoms with E-state index in [0.29, 0.717) is 47.3 Å². The number of ether oxygens (including phenoxy) is 1. The molecule has 1 N–H and O–H groups in total. The summed E-state index contributed by atoms with van der Waals surface area (Å²) in [6.45, 7) is 10.0. The van der Waals surface area contributed by atoms with E-state index in [1.807, 2.05) is 32.4 Å². The number of carbonyl (C=O) groups excluding carboxylic acids is 1. The lowest BCUT2D eigenvalue weighted by molar-refractivity contribution is 0.0171. The van der Waals surface area contributed by atoms with Crippen LogP contribution in [0.2, 0.25) is 0 Å². The number of anilines is 1. The number of nitrogens with zero attached hydrogens (tertiary/aromatic N) is 4. The Labute approximate surface area is 263 Å². The van der Waals surface area contributed by atoms with Crippen molar-refractivity contribution in [3.8, 4) is 21.8 Å². The van der Waals surface area contributed by atoms with Gasteiger partial charge in [-0.15, -0.1) is 11.3 Å².